The van der Waals surface area contributed by atoms with Crippen molar-refractivity contribution in [3.05, 3.63) is 105 Å². The molecule has 38 heavy (non-hydrogen) atoms. The lowest BCUT2D eigenvalue weighted by Crippen LogP contribution is -2.45. The van der Waals surface area contributed by atoms with Gasteiger partial charge < -0.3 is 25.0 Å². The quantitative estimate of drug-likeness (QED) is 0.323. The molecule has 1 aromatic heterocycles. The molecule has 0 saturated carbocycles. The Bertz CT molecular complexity index is 1250. The number of carbonyl (C=O) groups excluding carboxylic acids is 3. The van der Waals surface area contributed by atoms with Gasteiger partial charge in [0.15, 0.2) is 0 Å². The van der Waals surface area contributed by atoms with E-state index in [9.17, 15) is 24.0 Å². The van der Waals surface area contributed by atoms with Gasteiger partial charge in [-0.1, -0.05) is 60.7 Å². The summed E-state index contributed by atoms with van der Waals surface area (Å²) in [6.07, 6.45) is -0.0863. The van der Waals surface area contributed by atoms with Gasteiger partial charge in [0.05, 0.1) is 0 Å². The van der Waals surface area contributed by atoms with Gasteiger partial charge in [-0.3, -0.25) is 19.1 Å². The first-order chi connectivity index (χ1) is 18.4. The van der Waals surface area contributed by atoms with Crippen LogP contribution in [0.1, 0.15) is 11.1 Å². The van der Waals surface area contributed by atoms with Crippen LogP contribution >= 0.6 is 0 Å². The molecule has 12 heteroatoms. The zero-order valence-electron chi connectivity index (χ0n) is 20.6. The lowest BCUT2D eigenvalue weighted by molar-refractivity contribution is -0.131. The Morgan fingerprint density at radius 2 is 1.26 bits per heavy atom. The number of alkyl carbamates (subject to hydrolysis) is 2. The number of amides is 3. The monoisotopic (exact) mass is 523 g/mol. The maximum atomic E-state index is 12.9. The van der Waals surface area contributed by atoms with E-state index >= 15 is 0 Å². The van der Waals surface area contributed by atoms with Crippen molar-refractivity contribution in [1.82, 2.24) is 25.1 Å². The maximum absolute atomic E-state index is 12.9. The zero-order chi connectivity index (χ0) is 27.2. The van der Waals surface area contributed by atoms with Crippen molar-refractivity contribution in [3.63, 3.8) is 0 Å². The third-order valence-electron chi connectivity index (χ3n) is 5.28. The van der Waals surface area contributed by atoms with Gasteiger partial charge in [0, 0.05) is 38.4 Å². The van der Waals surface area contributed by atoms with Gasteiger partial charge in [0.25, 0.3) is 5.56 Å². The molecule has 3 amide bonds. The molecule has 0 unspecified atom stereocenters. The molecule has 3 aromatic rings. The van der Waals surface area contributed by atoms with Crippen LogP contribution in [0, 0.1) is 0 Å². The summed E-state index contributed by atoms with van der Waals surface area (Å²) in [6, 6.07) is 19.5. The fourth-order valence-electron chi connectivity index (χ4n) is 3.31. The van der Waals surface area contributed by atoms with Crippen LogP contribution in [0.4, 0.5) is 9.59 Å². The van der Waals surface area contributed by atoms with E-state index in [1.165, 1.54) is 11.1 Å². The summed E-state index contributed by atoms with van der Waals surface area (Å²) in [7, 11) is 0. The molecule has 1 heterocycles. The van der Waals surface area contributed by atoms with E-state index in [-0.39, 0.29) is 45.9 Å². The van der Waals surface area contributed by atoms with Crippen LogP contribution in [0.15, 0.2) is 82.5 Å². The number of nitrogens with zero attached hydrogens (tertiary/aromatic N) is 2. The van der Waals surface area contributed by atoms with Crippen LogP contribution in [0.3, 0.4) is 0 Å². The number of nitrogens with one attached hydrogen (secondary N) is 3. The molecular formula is C26H29N5O7. The minimum Gasteiger partial charge on any atom is -0.445 e. The zero-order valence-corrected chi connectivity index (χ0v) is 20.6. The van der Waals surface area contributed by atoms with E-state index < -0.39 is 29.3 Å². The number of hydrogen-bond donors (Lipinski definition) is 3. The van der Waals surface area contributed by atoms with E-state index in [1.807, 2.05) is 60.7 Å². The minimum absolute atomic E-state index is 0.0678. The van der Waals surface area contributed by atoms with Crippen LogP contribution in [0.25, 0.3) is 0 Å². The van der Waals surface area contributed by atoms with Crippen LogP contribution in [0.5, 0.6) is 0 Å². The molecule has 0 aliphatic rings. The summed E-state index contributed by atoms with van der Waals surface area (Å²) in [5.41, 5.74) is 0.357. The molecule has 0 bridgehead atoms. The third kappa shape index (κ3) is 9.64. The van der Waals surface area contributed by atoms with Crippen molar-refractivity contribution in [2.24, 2.45) is 0 Å². The Labute approximate surface area is 218 Å². The predicted molar refractivity (Wildman–Crippen MR) is 137 cm³/mol. The Kier molecular flexibility index (Phi) is 10.7. The molecule has 0 aliphatic heterocycles. The maximum Gasteiger partial charge on any atom is 0.407 e. The van der Waals surface area contributed by atoms with Gasteiger partial charge in [-0.15, -0.1) is 0 Å². The number of aromatic amines is 1. The van der Waals surface area contributed by atoms with E-state index in [4.69, 9.17) is 9.47 Å². The molecule has 0 aliphatic carbocycles. The topological polar surface area (TPSA) is 152 Å². The largest absolute Gasteiger partial charge is 0.445 e. The van der Waals surface area contributed by atoms with Gasteiger partial charge in [-0.2, -0.15) is 0 Å². The van der Waals surface area contributed by atoms with Crippen LogP contribution in [-0.2, 0) is 34.0 Å². The number of rotatable bonds is 12. The normalized spacial score (nSPS) is 10.3. The average molecular weight is 524 g/mol. The highest BCUT2D eigenvalue weighted by atomic mass is 16.6. The minimum atomic E-state index is -0.726. The molecule has 0 radical (unpaired) electrons. The number of H-pyrrole nitrogens is 1. The fraction of sp³-hybridized carbons (Fsp3) is 0.269. The number of aromatic nitrogens is 2. The first-order valence-corrected chi connectivity index (χ1v) is 11.9. The van der Waals surface area contributed by atoms with Crippen molar-refractivity contribution < 1.29 is 23.9 Å². The second-order valence-corrected chi connectivity index (χ2v) is 8.10. The van der Waals surface area contributed by atoms with Gasteiger partial charge >= 0.3 is 17.9 Å². The summed E-state index contributed by atoms with van der Waals surface area (Å²) in [5.74, 6) is -0.460. The lowest BCUT2D eigenvalue weighted by atomic mass is 10.2. The summed E-state index contributed by atoms with van der Waals surface area (Å²) in [6.45, 7) is 0.151. The second kappa shape index (κ2) is 14.6. The number of carbonyl (C=O) groups is 3. The van der Waals surface area contributed by atoms with Crippen molar-refractivity contribution in [2.75, 3.05) is 26.2 Å². The molecule has 0 saturated heterocycles. The molecule has 0 atom stereocenters. The lowest BCUT2D eigenvalue weighted by Gasteiger charge is -2.23. The third-order valence-corrected chi connectivity index (χ3v) is 5.28. The number of benzene rings is 2. The SMILES string of the molecule is O=C(NCCN(CCNC(=O)OCc1ccccc1)C(=O)Cn1ccc(=O)[nH]c1=O)OCc1ccccc1. The summed E-state index contributed by atoms with van der Waals surface area (Å²) in [5, 5.41) is 5.15. The van der Waals surface area contributed by atoms with Crippen molar-refractivity contribution >= 4 is 18.1 Å². The molecule has 12 nitrogen and oxygen atoms in total. The summed E-state index contributed by atoms with van der Waals surface area (Å²) < 4.78 is 11.4. The van der Waals surface area contributed by atoms with Crippen LogP contribution < -0.4 is 21.9 Å². The summed E-state index contributed by atoms with van der Waals surface area (Å²) in [4.78, 5) is 63.7. The molecule has 2 aromatic carbocycles. The molecule has 3 N–H and O–H groups in total. The highest BCUT2D eigenvalue weighted by molar-refractivity contribution is 5.76. The molecule has 3 rings (SSSR count). The Morgan fingerprint density at radius 3 is 1.74 bits per heavy atom. The molecule has 0 spiro atoms. The number of hydrogen-bond acceptors (Lipinski definition) is 7. The highest BCUT2D eigenvalue weighted by Gasteiger charge is 2.16. The van der Waals surface area contributed by atoms with E-state index in [0.717, 1.165) is 21.8 Å². The second-order valence-electron chi connectivity index (χ2n) is 8.10. The van der Waals surface area contributed by atoms with E-state index in [2.05, 4.69) is 15.6 Å². The standard InChI is InChI=1S/C26H29N5O7/c32-22-11-14-31(24(34)29-22)17-23(33)30(15-12-27-25(35)37-18-20-7-3-1-4-8-20)16-13-28-26(36)38-19-21-9-5-2-6-10-21/h1-11,14H,12-13,15-19H2,(H,27,35)(H,28,36)(H,29,32,34). The van der Waals surface area contributed by atoms with Gasteiger partial charge in [0.1, 0.15) is 19.8 Å². The van der Waals surface area contributed by atoms with E-state index in [0.29, 0.717) is 0 Å². The molecule has 200 valence electrons. The first-order valence-electron chi connectivity index (χ1n) is 11.9. The van der Waals surface area contributed by atoms with E-state index in [1.54, 1.807) is 0 Å². The van der Waals surface area contributed by atoms with Crippen LogP contribution in [-0.4, -0.2) is 58.7 Å². The first kappa shape index (κ1) is 27.7. The molecular weight excluding hydrogens is 494 g/mol. The smallest absolute Gasteiger partial charge is 0.407 e. The number of ether oxygens (including phenoxy) is 2. The Balaban J connectivity index is 1.50. The molecule has 0 fully saturated rings. The fourth-order valence-corrected chi connectivity index (χ4v) is 3.31. The van der Waals surface area contributed by atoms with Gasteiger partial charge in [-0.25, -0.2) is 14.4 Å². The Hall–Kier alpha value is -4.87. The Morgan fingerprint density at radius 1 is 0.763 bits per heavy atom. The van der Waals surface area contributed by atoms with Gasteiger partial charge in [-0.05, 0) is 11.1 Å². The average Bonchev–Trinajstić information content (AvgIpc) is 2.92. The summed E-state index contributed by atoms with van der Waals surface area (Å²) >= 11 is 0. The van der Waals surface area contributed by atoms with Crippen molar-refractivity contribution in [3.8, 4) is 0 Å². The van der Waals surface area contributed by atoms with Gasteiger partial charge in [0.2, 0.25) is 5.91 Å². The van der Waals surface area contributed by atoms with Crippen molar-refractivity contribution in [1.29, 1.82) is 0 Å². The highest BCUT2D eigenvalue weighted by Crippen LogP contribution is 2.01. The van der Waals surface area contributed by atoms with Crippen LogP contribution in [0.2, 0.25) is 0 Å². The predicted octanol–water partition coefficient (Wildman–Crippen LogP) is 1.22. The van der Waals surface area contributed by atoms with Crippen molar-refractivity contribution in [2.45, 2.75) is 19.8 Å².